The number of aliphatic carboxylic acids is 1. The predicted octanol–water partition coefficient (Wildman–Crippen LogP) is 2.94. The number of hydrogen-bond acceptors (Lipinski definition) is 1. The van der Waals surface area contributed by atoms with E-state index in [1.165, 1.54) is 0 Å². The molecule has 0 aromatic heterocycles. The average molecular weight is 234 g/mol. The van der Waals surface area contributed by atoms with Gasteiger partial charge >= 0.3 is 12.1 Å². The van der Waals surface area contributed by atoms with Crippen LogP contribution in [0, 0.1) is 5.82 Å². The minimum absolute atomic E-state index is 0.422. The van der Waals surface area contributed by atoms with Gasteiger partial charge in [0.05, 0.1) is 11.1 Å². The van der Waals surface area contributed by atoms with Gasteiger partial charge in [-0.15, -0.1) is 0 Å². The molecule has 86 valence electrons. The molecule has 2 nitrogen and oxygen atoms in total. The van der Waals surface area contributed by atoms with Crippen LogP contribution in [-0.4, -0.2) is 11.1 Å². The normalized spacial score (nSPS) is 11.2. The summed E-state index contributed by atoms with van der Waals surface area (Å²) in [6, 6.07) is 1.52. The molecule has 0 spiro atoms. The molecule has 0 fully saturated rings. The highest BCUT2D eigenvalue weighted by Gasteiger charge is 2.31. The third kappa shape index (κ3) is 2.39. The third-order valence-corrected chi connectivity index (χ3v) is 1.88. The molecule has 0 saturated carbocycles. The van der Waals surface area contributed by atoms with Crippen LogP contribution in [0.15, 0.2) is 24.8 Å². The monoisotopic (exact) mass is 234 g/mol. The molecule has 1 aromatic carbocycles. The maximum Gasteiger partial charge on any atom is 0.416 e. The summed E-state index contributed by atoms with van der Waals surface area (Å²) in [5, 5.41) is 8.51. The largest absolute Gasteiger partial charge is 0.478 e. The summed E-state index contributed by atoms with van der Waals surface area (Å²) in [6.45, 7) is 3.00. The molecule has 0 atom stereocenters. The average Bonchev–Trinajstić information content (AvgIpc) is 2.15. The third-order valence-electron chi connectivity index (χ3n) is 1.88. The smallest absolute Gasteiger partial charge is 0.416 e. The van der Waals surface area contributed by atoms with Gasteiger partial charge in [0.15, 0.2) is 0 Å². The molecule has 0 amide bonds. The van der Waals surface area contributed by atoms with Crippen molar-refractivity contribution in [1.82, 2.24) is 0 Å². The second-order valence-electron chi connectivity index (χ2n) is 2.98. The van der Waals surface area contributed by atoms with Crippen molar-refractivity contribution < 1.29 is 27.5 Å². The van der Waals surface area contributed by atoms with E-state index in [0.29, 0.717) is 18.2 Å². The molecule has 1 aromatic rings. The molecule has 0 heterocycles. The topological polar surface area (TPSA) is 37.3 Å². The van der Waals surface area contributed by atoms with Crippen LogP contribution in [0.1, 0.15) is 11.1 Å². The molecule has 6 heteroatoms. The van der Waals surface area contributed by atoms with Gasteiger partial charge in [-0.1, -0.05) is 6.58 Å². The maximum atomic E-state index is 13.1. The van der Waals surface area contributed by atoms with Crippen LogP contribution < -0.4 is 0 Å². The zero-order valence-electron chi connectivity index (χ0n) is 7.81. The van der Waals surface area contributed by atoms with Crippen molar-refractivity contribution in [1.29, 1.82) is 0 Å². The minimum Gasteiger partial charge on any atom is -0.478 e. The second-order valence-corrected chi connectivity index (χ2v) is 2.98. The van der Waals surface area contributed by atoms with E-state index in [2.05, 4.69) is 6.58 Å². The van der Waals surface area contributed by atoms with E-state index >= 15 is 0 Å². The number of carboxylic acids is 1. The fourth-order valence-electron chi connectivity index (χ4n) is 1.05. The number of hydrogen-bond donors (Lipinski definition) is 1. The molecule has 0 aliphatic carbocycles. The van der Waals surface area contributed by atoms with E-state index in [9.17, 15) is 22.4 Å². The Morgan fingerprint density at radius 1 is 1.31 bits per heavy atom. The van der Waals surface area contributed by atoms with Crippen molar-refractivity contribution in [2.24, 2.45) is 0 Å². The molecule has 0 unspecified atom stereocenters. The zero-order valence-corrected chi connectivity index (χ0v) is 7.81. The Morgan fingerprint density at radius 2 is 1.88 bits per heavy atom. The van der Waals surface area contributed by atoms with E-state index in [0.717, 1.165) is 0 Å². The van der Waals surface area contributed by atoms with E-state index < -0.39 is 34.7 Å². The fourth-order valence-corrected chi connectivity index (χ4v) is 1.05. The molecule has 0 aliphatic heterocycles. The van der Waals surface area contributed by atoms with Crippen LogP contribution in [0.4, 0.5) is 17.6 Å². The summed E-state index contributed by atoms with van der Waals surface area (Å²) in [4.78, 5) is 10.5. The van der Waals surface area contributed by atoms with Crippen molar-refractivity contribution in [2.75, 3.05) is 0 Å². The Labute approximate surface area is 87.8 Å². The van der Waals surface area contributed by atoms with Gasteiger partial charge in [0.25, 0.3) is 0 Å². The van der Waals surface area contributed by atoms with Gasteiger partial charge in [-0.3, -0.25) is 0 Å². The fraction of sp³-hybridized carbons (Fsp3) is 0.100. The number of halogens is 4. The highest BCUT2D eigenvalue weighted by atomic mass is 19.4. The number of carbonyl (C=O) groups is 1. The molecule has 1 N–H and O–H groups in total. The summed E-state index contributed by atoms with van der Waals surface area (Å²) < 4.78 is 49.9. The quantitative estimate of drug-likeness (QED) is 0.631. The van der Waals surface area contributed by atoms with E-state index in [-0.39, 0.29) is 0 Å². The molecule has 16 heavy (non-hydrogen) atoms. The van der Waals surface area contributed by atoms with Gasteiger partial charge in [0.2, 0.25) is 0 Å². The van der Waals surface area contributed by atoms with Crippen molar-refractivity contribution in [2.45, 2.75) is 6.18 Å². The van der Waals surface area contributed by atoms with E-state index in [4.69, 9.17) is 5.11 Å². The van der Waals surface area contributed by atoms with Crippen LogP contribution in [0.5, 0.6) is 0 Å². The standard InChI is InChI=1S/C10H6F4O2/c1-5(9(15)16)7-4-6(10(12,13)14)2-3-8(7)11/h2-4H,1H2,(H,15,16). The van der Waals surface area contributed by atoms with Crippen molar-refractivity contribution in [3.8, 4) is 0 Å². The Morgan fingerprint density at radius 3 is 2.31 bits per heavy atom. The van der Waals surface area contributed by atoms with Crippen LogP contribution in [-0.2, 0) is 11.0 Å². The van der Waals surface area contributed by atoms with Gasteiger partial charge < -0.3 is 5.11 Å². The summed E-state index contributed by atoms with van der Waals surface area (Å²) in [6.07, 6.45) is -4.65. The van der Waals surface area contributed by atoms with Crippen LogP contribution in [0.2, 0.25) is 0 Å². The lowest BCUT2D eigenvalue weighted by Gasteiger charge is -2.09. The number of alkyl halides is 3. The lowest BCUT2D eigenvalue weighted by Crippen LogP contribution is -2.08. The molecule has 0 saturated heterocycles. The van der Waals surface area contributed by atoms with Gasteiger partial charge in [-0.25, -0.2) is 9.18 Å². The van der Waals surface area contributed by atoms with E-state index in [1.807, 2.05) is 0 Å². The molecular formula is C10H6F4O2. The van der Waals surface area contributed by atoms with Gasteiger partial charge in [-0.05, 0) is 18.2 Å². The van der Waals surface area contributed by atoms with Crippen molar-refractivity contribution >= 4 is 11.5 Å². The summed E-state index contributed by atoms with van der Waals surface area (Å²) in [5.41, 5.74) is -2.50. The van der Waals surface area contributed by atoms with Crippen molar-refractivity contribution in [3.05, 3.63) is 41.7 Å². The van der Waals surface area contributed by atoms with Crippen LogP contribution in [0.3, 0.4) is 0 Å². The Bertz CT molecular complexity index is 449. The van der Waals surface area contributed by atoms with Gasteiger partial charge in [0.1, 0.15) is 5.82 Å². The number of carboxylic acid groups (broad SMARTS) is 1. The second kappa shape index (κ2) is 3.96. The highest BCUT2D eigenvalue weighted by Crippen LogP contribution is 2.31. The summed E-state index contributed by atoms with van der Waals surface area (Å²) >= 11 is 0. The first-order valence-corrected chi connectivity index (χ1v) is 4.03. The highest BCUT2D eigenvalue weighted by molar-refractivity contribution is 6.14. The van der Waals surface area contributed by atoms with Gasteiger partial charge in [0, 0.05) is 5.56 Å². The zero-order chi connectivity index (χ0) is 12.5. The Hall–Kier alpha value is -1.85. The first-order chi connectivity index (χ1) is 7.23. The van der Waals surface area contributed by atoms with Gasteiger partial charge in [-0.2, -0.15) is 13.2 Å². The summed E-state index contributed by atoms with van der Waals surface area (Å²) in [7, 11) is 0. The number of rotatable bonds is 2. The molecule has 0 bridgehead atoms. The molecular weight excluding hydrogens is 228 g/mol. The Balaban J connectivity index is 3.30. The molecule has 0 aliphatic rings. The first kappa shape index (κ1) is 12.2. The van der Waals surface area contributed by atoms with Crippen LogP contribution >= 0.6 is 0 Å². The SMILES string of the molecule is C=C(C(=O)O)c1cc(C(F)(F)F)ccc1F. The van der Waals surface area contributed by atoms with Crippen molar-refractivity contribution in [3.63, 3.8) is 0 Å². The molecule has 0 radical (unpaired) electrons. The lowest BCUT2D eigenvalue weighted by molar-refractivity contribution is -0.137. The molecule has 1 rings (SSSR count). The minimum atomic E-state index is -4.65. The Kier molecular flexibility index (Phi) is 3.02. The first-order valence-electron chi connectivity index (χ1n) is 4.03. The predicted molar refractivity (Wildman–Crippen MR) is 48.1 cm³/mol. The number of benzene rings is 1. The summed E-state index contributed by atoms with van der Waals surface area (Å²) in [5.74, 6) is -2.63. The van der Waals surface area contributed by atoms with Crippen LogP contribution in [0.25, 0.3) is 5.57 Å². The lowest BCUT2D eigenvalue weighted by atomic mass is 10.0. The maximum absolute atomic E-state index is 13.1. The van der Waals surface area contributed by atoms with E-state index in [1.54, 1.807) is 0 Å².